The minimum Gasteiger partial charge on any atom is -0.335 e. The van der Waals surface area contributed by atoms with E-state index >= 15 is 0 Å². The third kappa shape index (κ3) is 4.52. The molecular weight excluding hydrogens is 302 g/mol. The molecule has 1 aliphatic rings. The Hall–Kier alpha value is -0.960. The van der Waals surface area contributed by atoms with Crippen LogP contribution in [0.15, 0.2) is 12.4 Å². The van der Waals surface area contributed by atoms with Crippen molar-refractivity contribution in [2.45, 2.75) is 32.7 Å². The molecular formula is C14H27N5O2S. The van der Waals surface area contributed by atoms with Crippen LogP contribution in [0.2, 0.25) is 0 Å². The quantitative estimate of drug-likeness (QED) is 0.739. The summed E-state index contributed by atoms with van der Waals surface area (Å²) < 4.78 is 30.7. The summed E-state index contributed by atoms with van der Waals surface area (Å²) in [6.07, 6.45) is 4.50. The van der Waals surface area contributed by atoms with Crippen LogP contribution in [-0.2, 0) is 16.8 Å². The number of piperazine rings is 1. The molecule has 1 aromatic rings. The van der Waals surface area contributed by atoms with Gasteiger partial charge in [-0.3, -0.25) is 0 Å². The van der Waals surface area contributed by atoms with Gasteiger partial charge in [0.2, 0.25) is 0 Å². The lowest BCUT2D eigenvalue weighted by molar-refractivity contribution is 0.221. The van der Waals surface area contributed by atoms with Gasteiger partial charge in [0.15, 0.2) is 0 Å². The first-order valence-corrected chi connectivity index (χ1v) is 9.28. The third-order valence-electron chi connectivity index (χ3n) is 3.93. The molecule has 0 unspecified atom stereocenters. The summed E-state index contributed by atoms with van der Waals surface area (Å²) in [5.41, 5.74) is 0. The predicted octanol–water partition coefficient (Wildman–Crippen LogP) is 0.478. The highest BCUT2D eigenvalue weighted by atomic mass is 32.2. The molecule has 0 spiro atoms. The summed E-state index contributed by atoms with van der Waals surface area (Å²) in [6.45, 7) is 8.13. The van der Waals surface area contributed by atoms with Crippen LogP contribution in [-0.4, -0.2) is 66.9 Å². The van der Waals surface area contributed by atoms with E-state index in [1.165, 1.54) is 4.31 Å². The van der Waals surface area contributed by atoms with Gasteiger partial charge in [0.1, 0.15) is 5.82 Å². The zero-order valence-electron chi connectivity index (χ0n) is 13.7. The molecule has 2 heterocycles. The maximum atomic E-state index is 12.2. The van der Waals surface area contributed by atoms with Gasteiger partial charge in [0, 0.05) is 57.6 Å². The Morgan fingerprint density at radius 1 is 1.27 bits per heavy atom. The number of nitrogens with one attached hydrogen (secondary N) is 1. The molecule has 22 heavy (non-hydrogen) atoms. The fraction of sp³-hybridized carbons (Fsp3) is 0.786. The summed E-state index contributed by atoms with van der Waals surface area (Å²) in [5.74, 6) is 1.42. The molecule has 1 N–H and O–H groups in total. The van der Waals surface area contributed by atoms with Gasteiger partial charge < -0.3 is 9.47 Å². The highest BCUT2D eigenvalue weighted by molar-refractivity contribution is 7.87. The van der Waals surface area contributed by atoms with Crippen molar-refractivity contribution in [3.63, 3.8) is 0 Å². The fourth-order valence-corrected chi connectivity index (χ4v) is 3.81. The Balaban J connectivity index is 1.77. The first-order valence-electron chi connectivity index (χ1n) is 7.84. The molecule has 7 nitrogen and oxygen atoms in total. The van der Waals surface area contributed by atoms with Crippen molar-refractivity contribution < 1.29 is 8.42 Å². The summed E-state index contributed by atoms with van der Waals surface area (Å²) in [7, 11) is -1.33. The zero-order valence-corrected chi connectivity index (χ0v) is 14.5. The van der Waals surface area contributed by atoms with Gasteiger partial charge in [0.25, 0.3) is 10.2 Å². The van der Waals surface area contributed by atoms with Crippen molar-refractivity contribution in [2.24, 2.45) is 0 Å². The number of hydrogen-bond acceptors (Lipinski definition) is 4. The average molecular weight is 329 g/mol. The summed E-state index contributed by atoms with van der Waals surface area (Å²) in [4.78, 5) is 6.47. The molecule has 0 atom stereocenters. The van der Waals surface area contributed by atoms with E-state index in [2.05, 4.69) is 33.0 Å². The van der Waals surface area contributed by atoms with Gasteiger partial charge in [-0.2, -0.15) is 12.7 Å². The third-order valence-corrected chi connectivity index (χ3v) is 5.54. The molecule has 126 valence electrons. The molecule has 1 aliphatic heterocycles. The van der Waals surface area contributed by atoms with E-state index in [-0.39, 0.29) is 0 Å². The van der Waals surface area contributed by atoms with Crippen molar-refractivity contribution in [2.75, 3.05) is 39.8 Å². The first-order chi connectivity index (χ1) is 10.4. The number of nitrogens with zero attached hydrogens (tertiary/aromatic N) is 4. The second kappa shape index (κ2) is 7.54. The number of aromatic nitrogens is 2. The lowest BCUT2D eigenvalue weighted by Crippen LogP contribution is -2.51. The Morgan fingerprint density at radius 3 is 2.59 bits per heavy atom. The van der Waals surface area contributed by atoms with Crippen LogP contribution in [0.5, 0.6) is 0 Å². The normalized spacial score (nSPS) is 18.2. The van der Waals surface area contributed by atoms with E-state index in [4.69, 9.17) is 0 Å². The summed E-state index contributed by atoms with van der Waals surface area (Å²) in [6, 6.07) is 0. The van der Waals surface area contributed by atoms with Crippen molar-refractivity contribution in [1.82, 2.24) is 23.5 Å². The highest BCUT2D eigenvalue weighted by Crippen LogP contribution is 2.12. The fourth-order valence-electron chi connectivity index (χ4n) is 2.58. The number of hydrogen-bond donors (Lipinski definition) is 1. The standard InChI is InChI=1S/C14H27N5O2S/c1-13(2)14-15-6-8-18(14)7-4-5-16-22(20,21)19-11-9-17(3)10-12-19/h6,8,13,16H,4-5,7,9-12H2,1-3H3. The topological polar surface area (TPSA) is 70.5 Å². The number of aryl methyl sites for hydroxylation is 1. The predicted molar refractivity (Wildman–Crippen MR) is 86.9 cm³/mol. The Kier molecular flexibility index (Phi) is 5.96. The van der Waals surface area contributed by atoms with Gasteiger partial charge in [-0.25, -0.2) is 9.71 Å². The SMILES string of the molecule is CC(C)c1nccn1CCCNS(=O)(=O)N1CCN(C)CC1. The molecule has 2 rings (SSSR count). The van der Waals surface area contributed by atoms with Crippen LogP contribution >= 0.6 is 0 Å². The summed E-state index contributed by atoms with van der Waals surface area (Å²) >= 11 is 0. The van der Waals surface area contributed by atoms with Gasteiger partial charge in [-0.05, 0) is 13.5 Å². The lowest BCUT2D eigenvalue weighted by Gasteiger charge is -2.31. The minimum absolute atomic E-state index is 0.372. The van der Waals surface area contributed by atoms with Crippen LogP contribution in [0.4, 0.5) is 0 Å². The second-order valence-corrected chi connectivity index (χ2v) is 7.84. The number of imidazole rings is 1. The van der Waals surface area contributed by atoms with Crippen molar-refractivity contribution in [1.29, 1.82) is 0 Å². The number of rotatable bonds is 7. The van der Waals surface area contributed by atoms with Gasteiger partial charge in [0.05, 0.1) is 0 Å². The Morgan fingerprint density at radius 2 is 1.95 bits per heavy atom. The molecule has 0 radical (unpaired) electrons. The van der Waals surface area contributed by atoms with Crippen molar-refractivity contribution in [3.05, 3.63) is 18.2 Å². The minimum atomic E-state index is -3.34. The number of likely N-dealkylation sites (N-methyl/N-ethyl adjacent to an activating group) is 1. The molecule has 1 fully saturated rings. The van der Waals surface area contributed by atoms with Crippen LogP contribution in [0.25, 0.3) is 0 Å². The Bertz CT molecular complexity index is 562. The van der Waals surface area contributed by atoms with Gasteiger partial charge in [-0.15, -0.1) is 0 Å². The zero-order chi connectivity index (χ0) is 16.2. The maximum absolute atomic E-state index is 12.2. The molecule has 1 aromatic heterocycles. The van der Waals surface area contributed by atoms with E-state index in [1.807, 2.05) is 13.2 Å². The first kappa shape index (κ1) is 17.4. The maximum Gasteiger partial charge on any atom is 0.279 e. The molecule has 1 saturated heterocycles. The molecule has 8 heteroatoms. The van der Waals surface area contributed by atoms with E-state index in [1.54, 1.807) is 6.20 Å². The highest BCUT2D eigenvalue weighted by Gasteiger charge is 2.24. The van der Waals surface area contributed by atoms with E-state index in [0.29, 0.717) is 25.6 Å². The van der Waals surface area contributed by atoms with Crippen LogP contribution in [0.1, 0.15) is 32.0 Å². The van der Waals surface area contributed by atoms with Crippen LogP contribution in [0.3, 0.4) is 0 Å². The van der Waals surface area contributed by atoms with Gasteiger partial charge >= 0.3 is 0 Å². The molecule has 0 amide bonds. The van der Waals surface area contributed by atoms with Crippen LogP contribution < -0.4 is 4.72 Å². The van der Waals surface area contributed by atoms with Crippen molar-refractivity contribution >= 4 is 10.2 Å². The second-order valence-electron chi connectivity index (χ2n) is 6.09. The average Bonchev–Trinajstić information content (AvgIpc) is 2.93. The molecule has 0 bridgehead atoms. The summed E-state index contributed by atoms with van der Waals surface area (Å²) in [5, 5.41) is 0. The smallest absolute Gasteiger partial charge is 0.279 e. The lowest BCUT2D eigenvalue weighted by atomic mass is 10.2. The van der Waals surface area contributed by atoms with Crippen molar-refractivity contribution in [3.8, 4) is 0 Å². The monoisotopic (exact) mass is 329 g/mol. The molecule has 0 saturated carbocycles. The molecule has 0 aliphatic carbocycles. The van der Waals surface area contributed by atoms with Gasteiger partial charge in [-0.1, -0.05) is 13.8 Å². The van der Waals surface area contributed by atoms with E-state index < -0.39 is 10.2 Å². The van der Waals surface area contributed by atoms with E-state index in [0.717, 1.165) is 31.9 Å². The van der Waals surface area contributed by atoms with Crippen LogP contribution in [0, 0.1) is 0 Å². The van der Waals surface area contributed by atoms with E-state index in [9.17, 15) is 8.42 Å². The Labute approximate surface area is 133 Å². The molecule has 0 aromatic carbocycles. The largest absolute Gasteiger partial charge is 0.335 e.